The molecule has 0 spiro atoms. The first-order valence-electron chi connectivity index (χ1n) is 7.88. The zero-order valence-electron chi connectivity index (χ0n) is 13.0. The Morgan fingerprint density at radius 1 is 1.09 bits per heavy atom. The number of nitrogens with two attached hydrogens (primary N) is 1. The fourth-order valence-corrected chi connectivity index (χ4v) is 3.47. The summed E-state index contributed by atoms with van der Waals surface area (Å²) in [6.45, 7) is 2.99. The summed E-state index contributed by atoms with van der Waals surface area (Å²) < 4.78 is 0. The van der Waals surface area contributed by atoms with Gasteiger partial charge >= 0.3 is 0 Å². The molecule has 0 aromatic heterocycles. The first kappa shape index (κ1) is 15.6. The van der Waals surface area contributed by atoms with Gasteiger partial charge in [0.1, 0.15) is 0 Å². The Morgan fingerprint density at radius 3 is 2.48 bits per heavy atom. The third kappa shape index (κ3) is 3.41. The molecule has 23 heavy (non-hydrogen) atoms. The molecule has 1 heterocycles. The lowest BCUT2D eigenvalue weighted by Gasteiger charge is -2.17. The zero-order valence-corrected chi connectivity index (χ0v) is 13.0. The van der Waals surface area contributed by atoms with E-state index in [-0.39, 0.29) is 10.6 Å². The predicted octanol–water partition coefficient (Wildman–Crippen LogP) is 2.77. The molecule has 5 nitrogen and oxygen atoms in total. The van der Waals surface area contributed by atoms with Crippen LogP contribution in [0.15, 0.2) is 54.6 Å². The van der Waals surface area contributed by atoms with Gasteiger partial charge in [0.25, 0.3) is 5.69 Å². The molecule has 2 N–H and O–H groups in total. The largest absolute Gasteiger partial charge is 0.330 e. The molecule has 0 amide bonds. The fraction of sp³-hybridized carbons (Fsp3) is 0.333. The number of para-hydroxylation sites is 1. The molecule has 0 bridgehead atoms. The number of hydrogen-bond donors (Lipinski definition) is 1. The summed E-state index contributed by atoms with van der Waals surface area (Å²) in [6, 6.07) is 17.4. The van der Waals surface area contributed by atoms with E-state index >= 15 is 0 Å². The van der Waals surface area contributed by atoms with Crippen LogP contribution in [0.2, 0.25) is 0 Å². The van der Waals surface area contributed by atoms with E-state index in [2.05, 4.69) is 17.0 Å². The van der Waals surface area contributed by atoms with Gasteiger partial charge in [-0.3, -0.25) is 15.0 Å². The van der Waals surface area contributed by atoms with E-state index in [1.165, 1.54) is 5.56 Å². The maximum Gasteiger partial charge on any atom is 0.273 e. The molecule has 5 heteroatoms. The molecule has 120 valence electrons. The zero-order chi connectivity index (χ0) is 16.2. The summed E-state index contributed by atoms with van der Waals surface area (Å²) in [5, 5.41) is 11.2. The van der Waals surface area contributed by atoms with Gasteiger partial charge in [0.05, 0.1) is 4.92 Å². The number of hydrogen-bond acceptors (Lipinski definition) is 4. The van der Waals surface area contributed by atoms with Crippen molar-refractivity contribution >= 4 is 5.69 Å². The summed E-state index contributed by atoms with van der Waals surface area (Å²) >= 11 is 0. The third-order valence-corrected chi connectivity index (χ3v) is 4.63. The minimum Gasteiger partial charge on any atom is -0.330 e. The molecule has 2 atom stereocenters. The van der Waals surface area contributed by atoms with Gasteiger partial charge in [-0.2, -0.15) is 0 Å². The first-order valence-corrected chi connectivity index (χ1v) is 7.88. The monoisotopic (exact) mass is 311 g/mol. The highest BCUT2D eigenvalue weighted by Gasteiger charge is 2.33. The number of nitro benzene ring substituents is 1. The van der Waals surface area contributed by atoms with Crippen LogP contribution in [0, 0.1) is 16.0 Å². The topological polar surface area (TPSA) is 72.4 Å². The Balaban J connectivity index is 1.77. The summed E-state index contributed by atoms with van der Waals surface area (Å²) in [4.78, 5) is 13.1. The van der Waals surface area contributed by atoms with Crippen molar-refractivity contribution in [2.75, 3.05) is 19.6 Å². The van der Waals surface area contributed by atoms with Crippen LogP contribution in [0.4, 0.5) is 5.69 Å². The minimum absolute atomic E-state index is 0.194. The van der Waals surface area contributed by atoms with E-state index in [0.29, 0.717) is 24.9 Å². The second-order valence-corrected chi connectivity index (χ2v) is 6.09. The average molecular weight is 311 g/mol. The van der Waals surface area contributed by atoms with Crippen LogP contribution in [0.3, 0.4) is 0 Å². The smallest absolute Gasteiger partial charge is 0.273 e. The Labute approximate surface area is 135 Å². The lowest BCUT2D eigenvalue weighted by atomic mass is 9.89. The van der Waals surface area contributed by atoms with Crippen LogP contribution < -0.4 is 5.73 Å². The van der Waals surface area contributed by atoms with Crippen molar-refractivity contribution in [3.05, 3.63) is 75.8 Å². The van der Waals surface area contributed by atoms with E-state index in [4.69, 9.17) is 5.73 Å². The summed E-state index contributed by atoms with van der Waals surface area (Å²) in [7, 11) is 0. The summed E-state index contributed by atoms with van der Waals surface area (Å²) in [5.74, 6) is 0.782. The Kier molecular flexibility index (Phi) is 4.69. The molecule has 0 unspecified atom stereocenters. The quantitative estimate of drug-likeness (QED) is 0.681. The standard InChI is InChI=1S/C18H21N3O2/c19-10-16-12-20(13-17(16)14-6-2-1-3-7-14)11-15-8-4-5-9-18(15)21(22)23/h1-9,16-17H,10-13,19H2/t16-,17+/m1/s1. The molecule has 0 aliphatic carbocycles. The SMILES string of the molecule is NC[C@@H]1CN(Cc2ccccc2[N+](=O)[O-])C[C@H]1c1ccccc1. The maximum atomic E-state index is 11.2. The molecule has 1 aliphatic heterocycles. The van der Waals surface area contributed by atoms with Crippen molar-refractivity contribution in [1.29, 1.82) is 0 Å². The Hall–Kier alpha value is -2.24. The predicted molar refractivity (Wildman–Crippen MR) is 90.1 cm³/mol. The molecule has 2 aromatic carbocycles. The van der Waals surface area contributed by atoms with Crippen LogP contribution in [0.1, 0.15) is 17.0 Å². The van der Waals surface area contributed by atoms with Crippen molar-refractivity contribution in [3.63, 3.8) is 0 Å². The highest BCUT2D eigenvalue weighted by Crippen LogP contribution is 2.33. The molecule has 0 radical (unpaired) electrons. The van der Waals surface area contributed by atoms with E-state index in [1.807, 2.05) is 30.3 Å². The summed E-state index contributed by atoms with van der Waals surface area (Å²) in [5.41, 5.74) is 8.22. The molecule has 0 saturated carbocycles. The first-order chi connectivity index (χ1) is 11.2. The fourth-order valence-electron chi connectivity index (χ4n) is 3.47. The number of benzene rings is 2. The highest BCUT2D eigenvalue weighted by molar-refractivity contribution is 5.39. The van der Waals surface area contributed by atoms with Crippen molar-refractivity contribution in [2.24, 2.45) is 11.7 Å². The maximum absolute atomic E-state index is 11.2. The molecule has 1 fully saturated rings. The highest BCUT2D eigenvalue weighted by atomic mass is 16.6. The number of likely N-dealkylation sites (tertiary alicyclic amines) is 1. The van der Waals surface area contributed by atoms with Crippen LogP contribution in [0.25, 0.3) is 0 Å². The van der Waals surface area contributed by atoms with Gasteiger partial charge in [-0.15, -0.1) is 0 Å². The van der Waals surface area contributed by atoms with E-state index in [0.717, 1.165) is 18.7 Å². The van der Waals surface area contributed by atoms with Gasteiger partial charge in [0.15, 0.2) is 0 Å². The summed E-state index contributed by atoms with van der Waals surface area (Å²) in [6.07, 6.45) is 0. The van der Waals surface area contributed by atoms with Gasteiger partial charge in [0, 0.05) is 37.2 Å². The van der Waals surface area contributed by atoms with Crippen molar-refractivity contribution in [1.82, 2.24) is 4.90 Å². The van der Waals surface area contributed by atoms with Crippen molar-refractivity contribution in [3.8, 4) is 0 Å². The third-order valence-electron chi connectivity index (χ3n) is 4.63. The van der Waals surface area contributed by atoms with Gasteiger partial charge in [-0.05, 0) is 18.0 Å². The molecular weight excluding hydrogens is 290 g/mol. The second-order valence-electron chi connectivity index (χ2n) is 6.09. The average Bonchev–Trinajstić information content (AvgIpc) is 2.99. The minimum atomic E-state index is -0.305. The van der Waals surface area contributed by atoms with E-state index in [1.54, 1.807) is 12.1 Å². The van der Waals surface area contributed by atoms with Crippen LogP contribution in [-0.4, -0.2) is 29.5 Å². The lowest BCUT2D eigenvalue weighted by molar-refractivity contribution is -0.385. The van der Waals surface area contributed by atoms with Crippen LogP contribution >= 0.6 is 0 Å². The normalized spacial score (nSPS) is 21.4. The van der Waals surface area contributed by atoms with Crippen molar-refractivity contribution < 1.29 is 4.92 Å². The van der Waals surface area contributed by atoms with Crippen LogP contribution in [0.5, 0.6) is 0 Å². The Bertz CT molecular complexity index is 675. The number of nitrogens with zero attached hydrogens (tertiary/aromatic N) is 2. The van der Waals surface area contributed by atoms with Gasteiger partial charge in [-0.25, -0.2) is 0 Å². The molecule has 1 saturated heterocycles. The van der Waals surface area contributed by atoms with E-state index < -0.39 is 0 Å². The van der Waals surface area contributed by atoms with Gasteiger partial charge in [0.2, 0.25) is 0 Å². The molecular formula is C18H21N3O2. The van der Waals surface area contributed by atoms with Crippen LogP contribution in [-0.2, 0) is 6.54 Å². The van der Waals surface area contributed by atoms with Gasteiger partial charge < -0.3 is 5.73 Å². The second kappa shape index (κ2) is 6.89. The lowest BCUT2D eigenvalue weighted by Crippen LogP contribution is -2.23. The molecule has 1 aliphatic rings. The Morgan fingerprint density at radius 2 is 1.78 bits per heavy atom. The molecule has 3 rings (SSSR count). The van der Waals surface area contributed by atoms with Gasteiger partial charge in [-0.1, -0.05) is 48.5 Å². The number of nitro groups is 1. The number of rotatable bonds is 5. The molecule has 2 aromatic rings. The van der Waals surface area contributed by atoms with Crippen molar-refractivity contribution in [2.45, 2.75) is 12.5 Å². The van der Waals surface area contributed by atoms with E-state index in [9.17, 15) is 10.1 Å².